The first-order valence-corrected chi connectivity index (χ1v) is 11.4. The van der Waals surface area contributed by atoms with E-state index in [0.29, 0.717) is 6.54 Å². The third-order valence-electron chi connectivity index (χ3n) is 5.71. The second kappa shape index (κ2) is 9.22. The number of fused-ring (bicyclic) bond motifs is 2. The zero-order chi connectivity index (χ0) is 22.8. The molecule has 0 atom stereocenters. The first kappa shape index (κ1) is 21.4. The van der Waals surface area contributed by atoms with Crippen LogP contribution in [0, 0.1) is 5.82 Å². The van der Waals surface area contributed by atoms with Crippen molar-refractivity contribution in [3.63, 3.8) is 0 Å². The molecule has 0 unspecified atom stereocenters. The molecule has 168 valence electrons. The van der Waals surface area contributed by atoms with Crippen LogP contribution in [0.5, 0.6) is 0 Å². The Morgan fingerprint density at radius 3 is 2.85 bits per heavy atom. The number of carbonyl (C=O) groups excluding carboxylic acids is 1. The number of hydroxylamine groups is 1. The molecule has 3 heterocycles. The van der Waals surface area contributed by atoms with Crippen LogP contribution in [-0.2, 0) is 19.5 Å². The summed E-state index contributed by atoms with van der Waals surface area (Å²) in [4.78, 5) is 17.2. The first-order valence-electron chi connectivity index (χ1n) is 10.5. The van der Waals surface area contributed by atoms with Crippen LogP contribution in [0.15, 0.2) is 65.8 Å². The van der Waals surface area contributed by atoms with Gasteiger partial charge in [0.15, 0.2) is 0 Å². The Kier molecular flexibility index (Phi) is 5.99. The highest BCUT2D eigenvalue weighted by molar-refractivity contribution is 8.00. The molecule has 0 fully saturated rings. The fourth-order valence-electron chi connectivity index (χ4n) is 4.00. The lowest BCUT2D eigenvalue weighted by atomic mass is 10.0. The van der Waals surface area contributed by atoms with Crippen LogP contribution in [0.1, 0.15) is 27.2 Å². The van der Waals surface area contributed by atoms with Gasteiger partial charge in [-0.25, -0.2) is 14.9 Å². The predicted octanol–water partition coefficient (Wildman–Crippen LogP) is 4.11. The monoisotopic (exact) mass is 463 g/mol. The predicted molar refractivity (Wildman–Crippen MR) is 126 cm³/mol. The van der Waals surface area contributed by atoms with E-state index < -0.39 is 5.91 Å². The van der Waals surface area contributed by atoms with Gasteiger partial charge in [-0.2, -0.15) is 0 Å². The lowest BCUT2D eigenvalue weighted by Gasteiger charge is -2.17. The number of nitrogens with one attached hydrogen (secondary N) is 3. The van der Waals surface area contributed by atoms with Crippen molar-refractivity contribution < 1.29 is 14.4 Å². The number of halogens is 1. The molecule has 0 radical (unpaired) electrons. The largest absolute Gasteiger partial charge is 0.340 e. The molecule has 1 aliphatic rings. The average Bonchev–Trinajstić information content (AvgIpc) is 3.20. The van der Waals surface area contributed by atoms with Gasteiger partial charge in [0.2, 0.25) is 0 Å². The first-order chi connectivity index (χ1) is 16.1. The summed E-state index contributed by atoms with van der Waals surface area (Å²) >= 11 is 1.49. The maximum absolute atomic E-state index is 13.3. The molecule has 5 rings (SSSR count). The molecule has 7 nitrogen and oxygen atoms in total. The molecule has 0 spiro atoms. The Bertz CT molecular complexity index is 1320. The van der Waals surface area contributed by atoms with Crippen molar-refractivity contribution in [1.82, 2.24) is 20.3 Å². The molecule has 1 amide bonds. The lowest BCUT2D eigenvalue weighted by Crippen LogP contribution is -2.23. The van der Waals surface area contributed by atoms with E-state index in [2.05, 4.69) is 33.2 Å². The van der Waals surface area contributed by atoms with E-state index in [1.807, 2.05) is 10.8 Å². The highest BCUT2D eigenvalue weighted by atomic mass is 32.2. The summed E-state index contributed by atoms with van der Waals surface area (Å²) in [6.45, 7) is 2.38. The van der Waals surface area contributed by atoms with Crippen molar-refractivity contribution in [2.45, 2.75) is 24.4 Å². The van der Waals surface area contributed by atoms with Crippen LogP contribution in [-0.4, -0.2) is 27.2 Å². The summed E-state index contributed by atoms with van der Waals surface area (Å²) < 4.78 is 18.7. The number of nitrogens with zero attached hydrogens (tertiary/aromatic N) is 2. The van der Waals surface area contributed by atoms with Crippen LogP contribution >= 0.6 is 11.9 Å². The Morgan fingerprint density at radius 1 is 1.18 bits per heavy atom. The van der Waals surface area contributed by atoms with Crippen molar-refractivity contribution in [3.05, 3.63) is 89.1 Å². The zero-order valence-corrected chi connectivity index (χ0v) is 18.5. The molecular weight excluding hydrogens is 441 g/mol. The highest BCUT2D eigenvalue weighted by Crippen LogP contribution is 2.32. The van der Waals surface area contributed by atoms with E-state index in [1.165, 1.54) is 35.2 Å². The quantitative estimate of drug-likeness (QED) is 0.196. The molecule has 0 bridgehead atoms. The van der Waals surface area contributed by atoms with Crippen molar-refractivity contribution in [2.75, 3.05) is 11.3 Å². The van der Waals surface area contributed by atoms with Crippen molar-refractivity contribution in [2.24, 2.45) is 0 Å². The molecule has 4 aromatic rings. The summed E-state index contributed by atoms with van der Waals surface area (Å²) in [7, 11) is 0. The standard InChI is InChI=1S/C24H22FN5O2S/c25-18-4-1-15(2-5-18)13-30-14-22(20-10-21(24(31)28-32)27-12-23(20)30)29-33-19-6-3-16-7-8-26-11-17(16)9-19/h1-6,9-10,12,14,26,29,32H,7-8,11,13H2,(H,28,31). The number of rotatable bonds is 6. The molecule has 33 heavy (non-hydrogen) atoms. The summed E-state index contributed by atoms with van der Waals surface area (Å²) in [5.74, 6) is -0.958. The van der Waals surface area contributed by atoms with Gasteiger partial charge in [-0.1, -0.05) is 18.2 Å². The van der Waals surface area contributed by atoms with Crippen LogP contribution in [0.4, 0.5) is 10.1 Å². The Morgan fingerprint density at radius 2 is 2.03 bits per heavy atom. The fraction of sp³-hybridized carbons (Fsp3) is 0.167. The van der Waals surface area contributed by atoms with Crippen molar-refractivity contribution in [1.29, 1.82) is 0 Å². The SMILES string of the molecule is O=C(NO)c1cc2c(NSc3ccc4c(c3)CNCC4)cn(Cc3ccc(F)cc3)c2cn1. The second-order valence-corrected chi connectivity index (χ2v) is 8.77. The zero-order valence-electron chi connectivity index (χ0n) is 17.6. The Hall–Kier alpha value is -3.40. The van der Waals surface area contributed by atoms with Gasteiger partial charge >= 0.3 is 0 Å². The Labute approximate surface area is 194 Å². The van der Waals surface area contributed by atoms with Gasteiger partial charge in [-0.15, -0.1) is 0 Å². The third kappa shape index (κ3) is 4.56. The van der Waals surface area contributed by atoms with Gasteiger partial charge in [-0.05, 0) is 71.9 Å². The third-order valence-corrected chi connectivity index (χ3v) is 6.52. The molecule has 4 N–H and O–H groups in total. The van der Waals surface area contributed by atoms with E-state index in [0.717, 1.165) is 46.6 Å². The minimum absolute atomic E-state index is 0.109. The molecule has 0 saturated carbocycles. The highest BCUT2D eigenvalue weighted by Gasteiger charge is 2.15. The average molecular weight is 464 g/mol. The van der Waals surface area contributed by atoms with Gasteiger partial charge in [0.1, 0.15) is 11.5 Å². The number of aromatic nitrogens is 2. The molecule has 2 aromatic heterocycles. The van der Waals surface area contributed by atoms with E-state index >= 15 is 0 Å². The maximum Gasteiger partial charge on any atom is 0.293 e. The van der Waals surface area contributed by atoms with Crippen LogP contribution in [0.3, 0.4) is 0 Å². The smallest absolute Gasteiger partial charge is 0.293 e. The minimum atomic E-state index is -0.677. The topological polar surface area (TPSA) is 91.2 Å². The fourth-order valence-corrected chi connectivity index (χ4v) is 4.73. The van der Waals surface area contributed by atoms with E-state index in [1.54, 1.807) is 29.9 Å². The Balaban J connectivity index is 1.46. The van der Waals surface area contributed by atoms with Crippen LogP contribution in [0.25, 0.3) is 10.9 Å². The molecule has 9 heteroatoms. The van der Waals surface area contributed by atoms with E-state index in [9.17, 15) is 9.18 Å². The summed E-state index contributed by atoms with van der Waals surface area (Å²) in [6.07, 6.45) is 4.58. The summed E-state index contributed by atoms with van der Waals surface area (Å²) in [5, 5.41) is 13.2. The molecule has 0 saturated heterocycles. The van der Waals surface area contributed by atoms with Gasteiger partial charge in [-0.3, -0.25) is 10.0 Å². The van der Waals surface area contributed by atoms with Gasteiger partial charge in [0, 0.05) is 29.6 Å². The normalized spacial score (nSPS) is 13.0. The van der Waals surface area contributed by atoms with Gasteiger partial charge in [0.05, 0.1) is 17.4 Å². The van der Waals surface area contributed by atoms with E-state index in [4.69, 9.17) is 5.21 Å². The van der Waals surface area contributed by atoms with Crippen molar-refractivity contribution >= 4 is 34.4 Å². The van der Waals surface area contributed by atoms with Crippen molar-refractivity contribution in [3.8, 4) is 0 Å². The van der Waals surface area contributed by atoms with Gasteiger partial charge in [0.25, 0.3) is 5.91 Å². The van der Waals surface area contributed by atoms with E-state index in [-0.39, 0.29) is 11.5 Å². The molecule has 1 aliphatic heterocycles. The minimum Gasteiger partial charge on any atom is -0.340 e. The van der Waals surface area contributed by atoms with Crippen LogP contribution in [0.2, 0.25) is 0 Å². The van der Waals surface area contributed by atoms with Crippen LogP contribution < -0.4 is 15.5 Å². The number of benzene rings is 2. The lowest BCUT2D eigenvalue weighted by molar-refractivity contribution is 0.0701. The number of hydrogen-bond donors (Lipinski definition) is 4. The summed E-state index contributed by atoms with van der Waals surface area (Å²) in [5.41, 5.74) is 6.97. The molecule has 2 aromatic carbocycles. The summed E-state index contributed by atoms with van der Waals surface area (Å²) in [6, 6.07) is 14.4. The number of anilines is 1. The number of hydrogen-bond acceptors (Lipinski definition) is 6. The number of pyridine rings is 1. The van der Waals surface area contributed by atoms with Gasteiger partial charge < -0.3 is 14.6 Å². The number of amides is 1. The molecule has 0 aliphatic carbocycles. The second-order valence-electron chi connectivity index (χ2n) is 7.89. The maximum atomic E-state index is 13.3. The number of carbonyl (C=O) groups is 1. The molecular formula is C24H22FN5O2S.